The summed E-state index contributed by atoms with van der Waals surface area (Å²) in [7, 11) is 2.84. The Morgan fingerprint density at radius 3 is 2.69 bits per heavy atom. The summed E-state index contributed by atoms with van der Waals surface area (Å²) in [6, 6.07) is 4.67. The summed E-state index contributed by atoms with van der Waals surface area (Å²) < 4.78 is 16.0. The first-order valence-electron chi connectivity index (χ1n) is 8.08. The fourth-order valence-electron chi connectivity index (χ4n) is 2.35. The van der Waals surface area contributed by atoms with E-state index < -0.39 is 12.0 Å². The Bertz CT molecular complexity index is 747. The minimum Gasteiger partial charge on any atom is -0.493 e. The first-order chi connectivity index (χ1) is 12.4. The van der Waals surface area contributed by atoms with Crippen LogP contribution in [-0.2, 0) is 14.3 Å². The second-order valence-corrected chi connectivity index (χ2v) is 7.19. The molecule has 1 fully saturated rings. The Labute approximate surface area is 162 Å². The van der Waals surface area contributed by atoms with Crippen LogP contribution >= 0.6 is 24.0 Å². The lowest BCUT2D eigenvalue weighted by Gasteiger charge is -2.20. The molecule has 1 atom stereocenters. The van der Waals surface area contributed by atoms with Crippen LogP contribution in [0.1, 0.15) is 25.8 Å². The maximum atomic E-state index is 12.6. The number of hydrogen-bond donors (Lipinski definition) is 0. The van der Waals surface area contributed by atoms with E-state index >= 15 is 0 Å². The summed E-state index contributed by atoms with van der Waals surface area (Å²) in [4.78, 5) is 26.1. The van der Waals surface area contributed by atoms with Crippen LogP contribution in [0.25, 0.3) is 6.08 Å². The van der Waals surface area contributed by atoms with Gasteiger partial charge in [0, 0.05) is 0 Å². The van der Waals surface area contributed by atoms with Gasteiger partial charge in [-0.15, -0.1) is 0 Å². The molecule has 26 heavy (non-hydrogen) atoms. The van der Waals surface area contributed by atoms with Crippen molar-refractivity contribution in [3.8, 4) is 11.5 Å². The Hall–Kier alpha value is -2.06. The van der Waals surface area contributed by atoms with E-state index in [1.807, 2.05) is 13.0 Å². The molecule has 1 saturated heterocycles. The second-order valence-electron chi connectivity index (χ2n) is 5.51. The molecule has 1 aromatic carbocycles. The smallest absolute Gasteiger partial charge is 0.328 e. The quantitative estimate of drug-likeness (QED) is 0.399. The van der Waals surface area contributed by atoms with Crippen LogP contribution < -0.4 is 9.47 Å². The Morgan fingerprint density at radius 2 is 2.08 bits per heavy atom. The van der Waals surface area contributed by atoms with E-state index in [0.29, 0.717) is 27.3 Å². The number of esters is 1. The van der Waals surface area contributed by atoms with Crippen LogP contribution in [0.5, 0.6) is 11.5 Å². The van der Waals surface area contributed by atoms with Crippen LogP contribution in [0.2, 0.25) is 0 Å². The number of methoxy groups -OCH3 is 2. The number of amides is 1. The molecule has 0 bridgehead atoms. The molecule has 0 saturated carbocycles. The summed E-state index contributed by atoms with van der Waals surface area (Å²) >= 11 is 6.40. The van der Waals surface area contributed by atoms with E-state index in [1.54, 1.807) is 32.2 Å². The number of hydrogen-bond acceptors (Lipinski definition) is 7. The predicted molar refractivity (Wildman–Crippen MR) is 105 cm³/mol. The molecule has 8 heteroatoms. The van der Waals surface area contributed by atoms with Gasteiger partial charge in [0.25, 0.3) is 5.91 Å². The average Bonchev–Trinajstić information content (AvgIpc) is 2.92. The molecule has 1 heterocycles. The molecule has 0 aliphatic carbocycles. The molecular weight excluding hydrogens is 374 g/mol. The highest BCUT2D eigenvalue weighted by molar-refractivity contribution is 8.26. The minimum absolute atomic E-state index is 0.317. The fraction of sp³-hybridized carbons (Fsp3) is 0.389. The van der Waals surface area contributed by atoms with E-state index in [0.717, 1.165) is 23.7 Å². The zero-order chi connectivity index (χ0) is 19.3. The van der Waals surface area contributed by atoms with Crippen molar-refractivity contribution in [2.75, 3.05) is 20.8 Å². The van der Waals surface area contributed by atoms with E-state index in [1.165, 1.54) is 12.0 Å². The second kappa shape index (κ2) is 9.05. The largest absolute Gasteiger partial charge is 0.493 e. The van der Waals surface area contributed by atoms with Gasteiger partial charge in [-0.25, -0.2) is 4.79 Å². The van der Waals surface area contributed by atoms with Crippen LogP contribution in [-0.4, -0.2) is 48.0 Å². The first-order valence-corrected chi connectivity index (χ1v) is 9.31. The van der Waals surface area contributed by atoms with Crippen molar-refractivity contribution in [2.45, 2.75) is 26.3 Å². The summed E-state index contributed by atoms with van der Waals surface area (Å²) in [6.07, 6.45) is 2.61. The molecule has 0 aromatic heterocycles. The van der Waals surface area contributed by atoms with Crippen molar-refractivity contribution in [1.82, 2.24) is 4.90 Å². The van der Waals surface area contributed by atoms with E-state index in [2.05, 4.69) is 0 Å². The van der Waals surface area contributed by atoms with Gasteiger partial charge in [-0.2, -0.15) is 0 Å². The zero-order valence-electron chi connectivity index (χ0n) is 15.1. The lowest BCUT2D eigenvalue weighted by Crippen LogP contribution is -2.42. The molecule has 140 valence electrons. The number of thiocarbonyl (C=S) groups is 1. The number of benzene rings is 1. The summed E-state index contributed by atoms with van der Waals surface area (Å²) in [6.45, 7) is 4.21. The van der Waals surface area contributed by atoms with Crippen molar-refractivity contribution in [1.29, 1.82) is 0 Å². The monoisotopic (exact) mass is 395 g/mol. The van der Waals surface area contributed by atoms with Crippen molar-refractivity contribution in [3.05, 3.63) is 28.7 Å². The molecule has 0 N–H and O–H groups in total. The summed E-state index contributed by atoms with van der Waals surface area (Å²) in [5.41, 5.74) is 0.775. The number of thioether (sulfide) groups is 1. The molecule has 1 aromatic rings. The number of ether oxygens (including phenoxy) is 3. The van der Waals surface area contributed by atoms with Gasteiger partial charge in [-0.1, -0.05) is 37.0 Å². The first kappa shape index (κ1) is 20.3. The third-order valence-electron chi connectivity index (χ3n) is 3.70. The SMILES string of the molecule is CCCOc1ccc(/C=C2\SC(=S)N(C(C)C(=O)OC)C2=O)cc1OC. The lowest BCUT2D eigenvalue weighted by molar-refractivity contribution is -0.147. The van der Waals surface area contributed by atoms with Crippen molar-refractivity contribution in [2.24, 2.45) is 0 Å². The molecule has 1 aliphatic rings. The number of nitrogens with zero attached hydrogens (tertiary/aromatic N) is 1. The topological polar surface area (TPSA) is 65.1 Å². The highest BCUT2D eigenvalue weighted by Crippen LogP contribution is 2.35. The van der Waals surface area contributed by atoms with Gasteiger partial charge in [0.2, 0.25) is 0 Å². The van der Waals surface area contributed by atoms with Crippen LogP contribution in [0, 0.1) is 0 Å². The van der Waals surface area contributed by atoms with Crippen molar-refractivity contribution in [3.63, 3.8) is 0 Å². The maximum absolute atomic E-state index is 12.6. The standard InChI is InChI=1S/C18H21NO5S2/c1-5-8-24-13-7-6-12(9-14(13)22-3)10-15-16(20)19(18(25)26-15)11(2)17(21)23-4/h6-7,9-11H,5,8H2,1-4H3/b15-10-. The minimum atomic E-state index is -0.766. The maximum Gasteiger partial charge on any atom is 0.328 e. The molecule has 6 nitrogen and oxygen atoms in total. The third kappa shape index (κ3) is 4.37. The van der Waals surface area contributed by atoms with Gasteiger partial charge in [-0.05, 0) is 37.1 Å². The number of carbonyl (C=O) groups excluding carboxylic acids is 2. The third-order valence-corrected chi connectivity index (χ3v) is 5.03. The van der Waals surface area contributed by atoms with Crippen molar-refractivity contribution >= 4 is 46.3 Å². The van der Waals surface area contributed by atoms with Gasteiger partial charge in [0.1, 0.15) is 10.4 Å². The summed E-state index contributed by atoms with van der Waals surface area (Å²) in [5.74, 6) is 0.411. The molecule has 0 radical (unpaired) electrons. The van der Waals surface area contributed by atoms with Crippen LogP contribution in [0.15, 0.2) is 23.1 Å². The van der Waals surface area contributed by atoms with Gasteiger partial charge in [0.05, 0.1) is 25.7 Å². The zero-order valence-corrected chi connectivity index (χ0v) is 16.7. The van der Waals surface area contributed by atoms with E-state index in [-0.39, 0.29) is 5.91 Å². The number of rotatable bonds is 7. The lowest BCUT2D eigenvalue weighted by atomic mass is 10.1. The highest BCUT2D eigenvalue weighted by Gasteiger charge is 2.38. The molecular formula is C18H21NO5S2. The number of carbonyl (C=O) groups is 2. The Balaban J connectivity index is 2.26. The van der Waals surface area contributed by atoms with E-state index in [4.69, 9.17) is 26.4 Å². The van der Waals surface area contributed by atoms with Gasteiger partial charge < -0.3 is 14.2 Å². The van der Waals surface area contributed by atoms with Crippen LogP contribution in [0.4, 0.5) is 0 Å². The Kier molecular flexibility index (Phi) is 7.05. The van der Waals surface area contributed by atoms with Gasteiger partial charge >= 0.3 is 5.97 Å². The molecule has 1 amide bonds. The Morgan fingerprint density at radius 1 is 1.35 bits per heavy atom. The molecule has 1 aliphatic heterocycles. The molecule has 2 rings (SSSR count). The van der Waals surface area contributed by atoms with Crippen LogP contribution in [0.3, 0.4) is 0 Å². The average molecular weight is 396 g/mol. The summed E-state index contributed by atoms with van der Waals surface area (Å²) in [5, 5.41) is 0. The highest BCUT2D eigenvalue weighted by atomic mass is 32.2. The van der Waals surface area contributed by atoms with Crippen molar-refractivity contribution < 1.29 is 23.8 Å². The van der Waals surface area contributed by atoms with E-state index in [9.17, 15) is 9.59 Å². The normalized spacial score (nSPS) is 16.8. The molecule has 1 unspecified atom stereocenters. The predicted octanol–water partition coefficient (Wildman–Crippen LogP) is 3.25. The van der Waals surface area contributed by atoms with Gasteiger partial charge in [0.15, 0.2) is 11.5 Å². The fourth-order valence-corrected chi connectivity index (χ4v) is 3.76. The van der Waals surface area contributed by atoms with Gasteiger partial charge in [-0.3, -0.25) is 9.69 Å². The molecule has 0 spiro atoms.